The van der Waals surface area contributed by atoms with Gasteiger partial charge in [-0.3, -0.25) is 0 Å². The van der Waals surface area contributed by atoms with Gasteiger partial charge in [0, 0.05) is 12.2 Å². The van der Waals surface area contributed by atoms with E-state index in [1.807, 2.05) is 22.9 Å². The van der Waals surface area contributed by atoms with Gasteiger partial charge in [-0.25, -0.2) is 9.67 Å². The Hall–Kier alpha value is -1.68. The highest BCUT2D eigenvalue weighted by Crippen LogP contribution is 2.12. The summed E-state index contributed by atoms with van der Waals surface area (Å²) in [6.07, 6.45) is 1.92. The van der Waals surface area contributed by atoms with Gasteiger partial charge in [0.15, 0.2) is 5.82 Å². The van der Waals surface area contributed by atoms with Crippen LogP contribution >= 0.6 is 0 Å². The minimum atomic E-state index is 0.799. The molecule has 2 aromatic rings. The van der Waals surface area contributed by atoms with Gasteiger partial charge < -0.3 is 5.32 Å². The third-order valence-corrected chi connectivity index (χ3v) is 3.12. The summed E-state index contributed by atoms with van der Waals surface area (Å²) in [5.74, 6) is 0.909. The number of hydrogen-bond donors (Lipinski definition) is 1. The molecule has 0 bridgehead atoms. The third-order valence-electron chi connectivity index (χ3n) is 3.12. The van der Waals surface area contributed by atoms with Gasteiger partial charge in [0.2, 0.25) is 0 Å². The Kier molecular flexibility index (Phi) is 4.68. The van der Waals surface area contributed by atoms with Crippen LogP contribution in [0.5, 0.6) is 0 Å². The Bertz CT molecular complexity index is 531. The molecule has 1 N–H and O–H groups in total. The molecule has 0 radical (unpaired) electrons. The van der Waals surface area contributed by atoms with Gasteiger partial charge in [-0.05, 0) is 37.6 Å². The van der Waals surface area contributed by atoms with E-state index in [0.29, 0.717) is 0 Å². The average molecular weight is 258 g/mol. The topological polar surface area (TPSA) is 42.7 Å². The molecular formula is C15H22N4. The van der Waals surface area contributed by atoms with E-state index in [-0.39, 0.29) is 0 Å². The Morgan fingerprint density at radius 1 is 1.11 bits per heavy atom. The van der Waals surface area contributed by atoms with Gasteiger partial charge in [0.05, 0.1) is 11.4 Å². The molecule has 0 atom stereocenters. The van der Waals surface area contributed by atoms with Crippen LogP contribution in [0.4, 0.5) is 0 Å². The first-order valence-corrected chi connectivity index (χ1v) is 7.03. The van der Waals surface area contributed by atoms with Crippen molar-refractivity contribution in [1.29, 1.82) is 0 Å². The molecule has 0 saturated carbocycles. The van der Waals surface area contributed by atoms with E-state index >= 15 is 0 Å². The first-order valence-electron chi connectivity index (χ1n) is 7.03. The fraction of sp³-hybridized carbons (Fsp3) is 0.467. The monoisotopic (exact) mass is 258 g/mol. The summed E-state index contributed by atoms with van der Waals surface area (Å²) < 4.78 is 1.97. The highest BCUT2D eigenvalue weighted by atomic mass is 15.3. The summed E-state index contributed by atoms with van der Waals surface area (Å²) in [7, 11) is 0. The molecule has 4 nitrogen and oxygen atoms in total. The summed E-state index contributed by atoms with van der Waals surface area (Å²) in [6.45, 7) is 8.12. The van der Waals surface area contributed by atoms with E-state index in [1.165, 1.54) is 5.69 Å². The quantitative estimate of drug-likeness (QED) is 0.865. The normalized spacial score (nSPS) is 10.9. The van der Waals surface area contributed by atoms with Gasteiger partial charge in [-0.15, -0.1) is 0 Å². The van der Waals surface area contributed by atoms with Gasteiger partial charge in [-0.1, -0.05) is 26.8 Å². The summed E-state index contributed by atoms with van der Waals surface area (Å²) in [6, 6.07) is 8.27. The number of rotatable bonds is 6. The second kappa shape index (κ2) is 6.48. The average Bonchev–Trinajstić information content (AvgIpc) is 2.89. The van der Waals surface area contributed by atoms with Crippen LogP contribution in [0, 0.1) is 0 Å². The molecule has 2 rings (SSSR count). The lowest BCUT2D eigenvalue weighted by molar-refractivity contribution is 0.699. The zero-order valence-corrected chi connectivity index (χ0v) is 12.0. The summed E-state index contributed by atoms with van der Waals surface area (Å²) in [5, 5.41) is 7.92. The highest BCUT2D eigenvalue weighted by molar-refractivity contribution is 5.28. The number of hydrogen-bond acceptors (Lipinski definition) is 3. The van der Waals surface area contributed by atoms with Crippen LogP contribution in [0.2, 0.25) is 0 Å². The van der Waals surface area contributed by atoms with Crippen LogP contribution in [0.15, 0.2) is 24.3 Å². The van der Waals surface area contributed by atoms with Gasteiger partial charge in [0.25, 0.3) is 0 Å². The van der Waals surface area contributed by atoms with Crippen LogP contribution in [0.25, 0.3) is 5.82 Å². The SMILES string of the molecule is CCNCc1cccc(-n2nc(CC)cc2CC)n1. The molecule has 0 unspecified atom stereocenters. The predicted octanol–water partition coefficient (Wildman–Crippen LogP) is 2.50. The van der Waals surface area contributed by atoms with Crippen LogP contribution < -0.4 is 5.32 Å². The van der Waals surface area contributed by atoms with Gasteiger partial charge >= 0.3 is 0 Å². The minimum Gasteiger partial charge on any atom is -0.311 e. The molecule has 0 amide bonds. The van der Waals surface area contributed by atoms with Crippen molar-refractivity contribution in [3.8, 4) is 5.82 Å². The van der Waals surface area contributed by atoms with Crippen molar-refractivity contribution in [2.24, 2.45) is 0 Å². The smallest absolute Gasteiger partial charge is 0.153 e. The standard InChI is InChI=1S/C15H22N4/c1-4-12-10-14(5-2)19(18-12)15-9-7-8-13(17-15)11-16-6-3/h7-10,16H,4-6,11H2,1-3H3. The first-order chi connectivity index (χ1) is 9.28. The Morgan fingerprint density at radius 2 is 1.95 bits per heavy atom. The fourth-order valence-corrected chi connectivity index (χ4v) is 2.03. The Morgan fingerprint density at radius 3 is 2.63 bits per heavy atom. The molecule has 102 valence electrons. The number of aryl methyl sites for hydroxylation is 2. The van der Waals surface area contributed by atoms with E-state index in [1.54, 1.807) is 0 Å². The molecular weight excluding hydrogens is 236 g/mol. The molecule has 4 heteroatoms. The lowest BCUT2D eigenvalue weighted by Gasteiger charge is -2.07. The van der Waals surface area contributed by atoms with Crippen molar-refractivity contribution < 1.29 is 0 Å². The molecule has 0 aliphatic carbocycles. The maximum atomic E-state index is 4.67. The second-order valence-electron chi connectivity index (χ2n) is 4.51. The van der Waals surface area contributed by atoms with Crippen molar-refractivity contribution in [3.63, 3.8) is 0 Å². The Balaban J connectivity index is 2.32. The van der Waals surface area contributed by atoms with Gasteiger partial charge in [-0.2, -0.15) is 5.10 Å². The second-order valence-corrected chi connectivity index (χ2v) is 4.51. The first kappa shape index (κ1) is 13.7. The molecule has 2 heterocycles. The maximum absolute atomic E-state index is 4.67. The number of nitrogens with zero attached hydrogens (tertiary/aromatic N) is 3. The van der Waals surface area contributed by atoms with Crippen molar-refractivity contribution >= 4 is 0 Å². The fourth-order valence-electron chi connectivity index (χ4n) is 2.03. The van der Waals surface area contributed by atoms with Crippen molar-refractivity contribution in [1.82, 2.24) is 20.1 Å². The van der Waals surface area contributed by atoms with Crippen molar-refractivity contribution in [2.45, 2.75) is 40.2 Å². The number of nitrogens with one attached hydrogen (secondary N) is 1. The van der Waals surface area contributed by atoms with Crippen LogP contribution in [0.1, 0.15) is 37.9 Å². The van der Waals surface area contributed by atoms with E-state index in [0.717, 1.165) is 43.1 Å². The molecule has 0 aliphatic heterocycles. The molecule has 0 aliphatic rings. The minimum absolute atomic E-state index is 0.799. The van der Waals surface area contributed by atoms with Crippen LogP contribution in [0.3, 0.4) is 0 Å². The third kappa shape index (κ3) is 3.20. The number of aromatic nitrogens is 3. The Labute approximate surface area is 114 Å². The lowest BCUT2D eigenvalue weighted by Crippen LogP contribution is -2.14. The molecule has 0 spiro atoms. The zero-order valence-electron chi connectivity index (χ0n) is 12.0. The summed E-state index contributed by atoms with van der Waals surface area (Å²) >= 11 is 0. The number of pyridine rings is 1. The van der Waals surface area contributed by atoms with Gasteiger partial charge in [0.1, 0.15) is 0 Å². The summed E-state index contributed by atoms with van der Waals surface area (Å²) in [5.41, 5.74) is 3.38. The van der Waals surface area contributed by atoms with E-state index in [9.17, 15) is 0 Å². The van der Waals surface area contributed by atoms with Crippen LogP contribution in [-0.2, 0) is 19.4 Å². The predicted molar refractivity (Wildman–Crippen MR) is 77.5 cm³/mol. The highest BCUT2D eigenvalue weighted by Gasteiger charge is 2.08. The zero-order chi connectivity index (χ0) is 13.7. The van der Waals surface area contributed by atoms with Crippen LogP contribution in [-0.4, -0.2) is 21.3 Å². The molecule has 0 saturated heterocycles. The van der Waals surface area contributed by atoms with Crippen molar-refractivity contribution in [3.05, 3.63) is 41.3 Å². The molecule has 0 aromatic carbocycles. The largest absolute Gasteiger partial charge is 0.311 e. The summed E-state index contributed by atoms with van der Waals surface area (Å²) in [4.78, 5) is 4.67. The molecule has 2 aromatic heterocycles. The lowest BCUT2D eigenvalue weighted by atomic mass is 10.2. The molecule has 0 fully saturated rings. The van der Waals surface area contributed by atoms with E-state index in [2.05, 4.69) is 42.2 Å². The molecule has 19 heavy (non-hydrogen) atoms. The maximum Gasteiger partial charge on any atom is 0.153 e. The van der Waals surface area contributed by atoms with E-state index in [4.69, 9.17) is 0 Å². The van der Waals surface area contributed by atoms with Crippen molar-refractivity contribution in [2.75, 3.05) is 6.54 Å². The van der Waals surface area contributed by atoms with E-state index < -0.39 is 0 Å².